The highest BCUT2D eigenvalue weighted by molar-refractivity contribution is 5.92. The van der Waals surface area contributed by atoms with Crippen LogP contribution in [0.4, 0.5) is 4.79 Å². The molecule has 3 rings (SSSR count). The van der Waals surface area contributed by atoms with Crippen LogP contribution in [0.15, 0.2) is 4.99 Å². The Labute approximate surface area is 218 Å². The summed E-state index contributed by atoms with van der Waals surface area (Å²) in [6, 6.07) is -3.41. The van der Waals surface area contributed by atoms with Gasteiger partial charge in [-0.1, -0.05) is 0 Å². The smallest absolute Gasteiger partial charge is 0.404 e. The number of ether oxygens (including phenoxy) is 2. The molecular weight excluding hydrogens is 508 g/mol. The van der Waals surface area contributed by atoms with E-state index in [0.29, 0.717) is 19.4 Å². The molecule has 0 saturated carbocycles. The summed E-state index contributed by atoms with van der Waals surface area (Å²) in [7, 11) is 0. The Balaban J connectivity index is 1.76. The number of hydrogen-bond acceptors (Lipinski definition) is 13. The second-order valence-corrected chi connectivity index (χ2v) is 9.38. The van der Waals surface area contributed by atoms with Crippen LogP contribution in [0.3, 0.4) is 0 Å². The molecule has 2 fully saturated rings. The summed E-state index contributed by atoms with van der Waals surface area (Å²) in [5, 5.41) is 45.2. The van der Waals surface area contributed by atoms with E-state index in [4.69, 9.17) is 20.9 Å². The largest absolute Gasteiger partial charge is 0.447 e. The highest BCUT2D eigenvalue weighted by Gasteiger charge is 2.48. The number of primary amides is 1. The van der Waals surface area contributed by atoms with E-state index in [2.05, 4.69) is 31.6 Å². The van der Waals surface area contributed by atoms with Gasteiger partial charge in [-0.05, 0) is 19.4 Å². The molecule has 17 heteroatoms. The molecule has 0 unspecified atom stereocenters. The van der Waals surface area contributed by atoms with Gasteiger partial charge in [-0.15, -0.1) is 0 Å². The van der Waals surface area contributed by atoms with Gasteiger partial charge in [-0.2, -0.15) is 0 Å². The van der Waals surface area contributed by atoms with Gasteiger partial charge in [0.25, 0.3) is 0 Å². The van der Waals surface area contributed by atoms with Gasteiger partial charge in [0.05, 0.1) is 12.1 Å². The third-order valence-electron chi connectivity index (χ3n) is 6.42. The van der Waals surface area contributed by atoms with Crippen LogP contribution >= 0.6 is 0 Å². The van der Waals surface area contributed by atoms with Crippen LogP contribution in [0.5, 0.6) is 0 Å². The zero-order chi connectivity index (χ0) is 28.0. The number of amides is 4. The second kappa shape index (κ2) is 13.0. The van der Waals surface area contributed by atoms with Crippen molar-refractivity contribution in [2.24, 2.45) is 16.5 Å². The van der Waals surface area contributed by atoms with Crippen LogP contribution in [0.1, 0.15) is 26.2 Å². The summed E-state index contributed by atoms with van der Waals surface area (Å²) in [4.78, 5) is 51.9. The lowest BCUT2D eigenvalue weighted by molar-refractivity contribution is -0.198. The summed E-state index contributed by atoms with van der Waals surface area (Å²) in [5.41, 5.74) is 10.5. The Morgan fingerprint density at radius 1 is 1.26 bits per heavy atom. The quantitative estimate of drug-likeness (QED) is 0.123. The highest BCUT2D eigenvalue weighted by atomic mass is 16.6. The summed E-state index contributed by atoms with van der Waals surface area (Å²) in [5.74, 6) is -1.25. The number of nitrogens with one attached hydrogen (secondary N) is 5. The minimum atomic E-state index is -1.60. The molecule has 0 aromatic rings. The normalized spacial score (nSPS) is 33.1. The molecule has 3 heterocycles. The van der Waals surface area contributed by atoms with E-state index in [1.54, 1.807) is 0 Å². The second-order valence-electron chi connectivity index (χ2n) is 9.38. The average molecular weight is 545 g/mol. The average Bonchev–Trinajstić information content (AvgIpc) is 3.28. The van der Waals surface area contributed by atoms with Gasteiger partial charge in [0.15, 0.2) is 18.2 Å². The Kier molecular flexibility index (Phi) is 10.0. The maximum Gasteiger partial charge on any atom is 0.404 e. The van der Waals surface area contributed by atoms with E-state index in [0.717, 1.165) is 0 Å². The molecule has 0 aliphatic carbocycles. The molecule has 3 aliphatic rings. The molecule has 214 valence electrons. The Bertz CT molecular complexity index is 921. The molecule has 3 aliphatic heterocycles. The molecule has 0 spiro atoms. The van der Waals surface area contributed by atoms with E-state index in [1.807, 2.05) is 0 Å². The first-order valence-electron chi connectivity index (χ1n) is 12.3. The number of aliphatic imine (C=N–C) groups is 1. The third kappa shape index (κ3) is 7.41. The van der Waals surface area contributed by atoms with Crippen molar-refractivity contribution in [2.75, 3.05) is 19.7 Å². The van der Waals surface area contributed by atoms with Gasteiger partial charge < -0.3 is 62.8 Å². The standard InChI is InChI=1S/C21H36N8O9/c1-8(30)25-9(3-2-4-22)5-12(32)26-15-17(34)16(33)11(7-37-20(23)36)38-19(15)29-21-27-13-10(31)6-24-18(35)14(13)28-21/h9-11,13-17,19,31,33-34H,2-7,22H2,1H3,(H2,23,36)(H,24,35)(H,25,30)(H,26,32)(H2,27,28,29)/t9-,10+,11+,13+,14-,15+,16-,17-,19-/m0/s1. The van der Waals surface area contributed by atoms with Crippen molar-refractivity contribution in [3.8, 4) is 0 Å². The lowest BCUT2D eigenvalue weighted by Gasteiger charge is -2.43. The Hall–Kier alpha value is -3.25. The number of fused-ring (bicyclic) bond motifs is 1. The number of nitrogens with two attached hydrogens (primary N) is 2. The molecule has 0 bridgehead atoms. The molecule has 0 radical (unpaired) electrons. The van der Waals surface area contributed by atoms with Gasteiger partial charge >= 0.3 is 6.09 Å². The van der Waals surface area contributed by atoms with Crippen LogP contribution in [0.25, 0.3) is 0 Å². The molecule has 12 N–H and O–H groups in total. The number of piperidine rings is 1. The van der Waals surface area contributed by atoms with Crippen LogP contribution < -0.4 is 38.1 Å². The highest BCUT2D eigenvalue weighted by Crippen LogP contribution is 2.22. The summed E-state index contributed by atoms with van der Waals surface area (Å²) in [6.07, 6.45) is -6.86. The number of hydrogen-bond donors (Lipinski definition) is 10. The predicted molar refractivity (Wildman–Crippen MR) is 129 cm³/mol. The molecular formula is C21H36N8O9. The van der Waals surface area contributed by atoms with Crippen molar-refractivity contribution in [2.45, 2.75) is 81.0 Å². The van der Waals surface area contributed by atoms with E-state index < -0.39 is 79.3 Å². The van der Waals surface area contributed by atoms with Crippen molar-refractivity contribution in [3.05, 3.63) is 0 Å². The number of guanidine groups is 1. The molecule has 38 heavy (non-hydrogen) atoms. The molecule has 9 atom stereocenters. The number of rotatable bonds is 10. The van der Waals surface area contributed by atoms with Crippen LogP contribution in [-0.2, 0) is 23.9 Å². The van der Waals surface area contributed by atoms with Gasteiger partial charge in [0, 0.05) is 25.9 Å². The zero-order valence-corrected chi connectivity index (χ0v) is 20.8. The minimum Gasteiger partial charge on any atom is -0.447 e. The fraction of sp³-hybridized carbons (Fsp3) is 0.762. The number of β-amino-alcohol motifs (C(OH)–C–C–N with tert-alkyl or cyclic N) is 1. The first-order valence-corrected chi connectivity index (χ1v) is 12.3. The fourth-order valence-electron chi connectivity index (χ4n) is 4.57. The van der Waals surface area contributed by atoms with Gasteiger partial charge in [-0.25, -0.2) is 9.79 Å². The van der Waals surface area contributed by atoms with E-state index >= 15 is 0 Å². The maximum absolute atomic E-state index is 12.9. The van der Waals surface area contributed by atoms with Gasteiger partial charge in [0.2, 0.25) is 17.7 Å². The first kappa shape index (κ1) is 29.3. The molecule has 0 aromatic carbocycles. The van der Waals surface area contributed by atoms with E-state index in [-0.39, 0.29) is 24.8 Å². The number of carbonyl (C=O) groups is 4. The predicted octanol–water partition coefficient (Wildman–Crippen LogP) is -5.58. The number of nitrogens with zero attached hydrogens (tertiary/aromatic N) is 1. The third-order valence-corrected chi connectivity index (χ3v) is 6.42. The monoisotopic (exact) mass is 544 g/mol. The zero-order valence-electron chi connectivity index (χ0n) is 20.8. The summed E-state index contributed by atoms with van der Waals surface area (Å²) in [6.45, 7) is 1.22. The maximum atomic E-state index is 12.9. The van der Waals surface area contributed by atoms with Gasteiger partial charge in [0.1, 0.15) is 31.0 Å². The molecule has 2 saturated heterocycles. The van der Waals surface area contributed by atoms with Crippen molar-refractivity contribution >= 4 is 29.8 Å². The number of aliphatic hydroxyl groups is 3. The molecule has 17 nitrogen and oxygen atoms in total. The van der Waals surface area contributed by atoms with Gasteiger partial charge in [-0.3, -0.25) is 14.4 Å². The topological polar surface area (TPSA) is 272 Å². The van der Waals surface area contributed by atoms with Crippen LogP contribution in [-0.4, -0.2) is 120 Å². The molecule has 0 aromatic heterocycles. The Morgan fingerprint density at radius 2 is 2.00 bits per heavy atom. The number of aliphatic hydroxyl groups excluding tert-OH is 3. The van der Waals surface area contributed by atoms with Crippen molar-refractivity contribution in [1.82, 2.24) is 26.6 Å². The van der Waals surface area contributed by atoms with Crippen molar-refractivity contribution < 1.29 is 44.0 Å². The molecule has 4 amide bonds. The SMILES string of the molecule is CC(=O)N[C@@H](CCCN)CC(=O)N[C@@H]1[C@H](O)[C@@H](O)[C@@H](COC(N)=O)O[C@@H]1NC1=N[C@@H]2C(=O)NC[C@@H](O)[C@H]2N1. The Morgan fingerprint density at radius 3 is 2.63 bits per heavy atom. The summed E-state index contributed by atoms with van der Waals surface area (Å²) >= 11 is 0. The van der Waals surface area contributed by atoms with Crippen molar-refractivity contribution in [3.63, 3.8) is 0 Å². The first-order chi connectivity index (χ1) is 18.0. The minimum absolute atomic E-state index is 0.0332. The number of carbonyl (C=O) groups excluding carboxylic acids is 4. The summed E-state index contributed by atoms with van der Waals surface area (Å²) < 4.78 is 10.5. The van der Waals surface area contributed by atoms with Crippen LogP contribution in [0.2, 0.25) is 0 Å². The van der Waals surface area contributed by atoms with Crippen molar-refractivity contribution in [1.29, 1.82) is 0 Å². The fourth-order valence-corrected chi connectivity index (χ4v) is 4.57. The van der Waals surface area contributed by atoms with Crippen LogP contribution in [0, 0.1) is 0 Å². The lowest BCUT2D eigenvalue weighted by atomic mass is 9.95. The lowest BCUT2D eigenvalue weighted by Crippen LogP contribution is -2.69. The van der Waals surface area contributed by atoms with E-state index in [9.17, 15) is 34.5 Å². The van der Waals surface area contributed by atoms with E-state index in [1.165, 1.54) is 6.92 Å².